The Kier molecular flexibility index (Phi) is 5.84. The summed E-state index contributed by atoms with van der Waals surface area (Å²) in [6.07, 6.45) is 1.75. The van der Waals surface area contributed by atoms with Crippen molar-refractivity contribution in [2.24, 2.45) is 0 Å². The van der Waals surface area contributed by atoms with Gasteiger partial charge in [0.1, 0.15) is 6.54 Å². The van der Waals surface area contributed by atoms with Gasteiger partial charge in [-0.25, -0.2) is 0 Å². The van der Waals surface area contributed by atoms with Crippen LogP contribution in [-0.2, 0) is 19.7 Å². The first-order chi connectivity index (χ1) is 11.6. The van der Waals surface area contributed by atoms with Gasteiger partial charge in [0, 0.05) is 29.6 Å². The molecule has 5 nitrogen and oxygen atoms in total. The molecule has 0 bridgehead atoms. The predicted molar refractivity (Wildman–Crippen MR) is 97.9 cm³/mol. The van der Waals surface area contributed by atoms with Gasteiger partial charge in [0.25, 0.3) is 0 Å². The van der Waals surface area contributed by atoms with Gasteiger partial charge >= 0.3 is 0 Å². The summed E-state index contributed by atoms with van der Waals surface area (Å²) in [7, 11) is 0. The summed E-state index contributed by atoms with van der Waals surface area (Å²) in [6, 6.07) is 8.27. The zero-order valence-corrected chi connectivity index (χ0v) is 15.8. The van der Waals surface area contributed by atoms with Crippen LogP contribution >= 0.6 is 27.7 Å². The van der Waals surface area contributed by atoms with E-state index in [1.165, 1.54) is 5.56 Å². The molecular formula is C17H21BrN2O3S. The van der Waals surface area contributed by atoms with Crippen LogP contribution in [0.15, 0.2) is 28.7 Å². The Balaban J connectivity index is 1.66. The highest BCUT2D eigenvalue weighted by atomic mass is 79.9. The first-order valence-electron chi connectivity index (χ1n) is 8.05. The molecule has 2 amide bonds. The number of benzene rings is 1. The fourth-order valence-electron chi connectivity index (χ4n) is 3.19. The van der Waals surface area contributed by atoms with Crippen molar-refractivity contribution >= 4 is 39.5 Å². The molecule has 2 aliphatic heterocycles. The quantitative estimate of drug-likeness (QED) is 0.804. The van der Waals surface area contributed by atoms with Crippen LogP contribution in [0.5, 0.6) is 0 Å². The predicted octanol–water partition coefficient (Wildman–Crippen LogP) is 2.15. The fraction of sp³-hybridized carbons (Fsp3) is 0.529. The summed E-state index contributed by atoms with van der Waals surface area (Å²) in [5, 5.41) is 3.05. The Morgan fingerprint density at radius 3 is 2.83 bits per heavy atom. The molecule has 2 aliphatic rings. The van der Waals surface area contributed by atoms with E-state index in [0.29, 0.717) is 31.4 Å². The SMILES string of the molecule is O=C(CN1CSCC1=O)NCC1(c2cccc(Br)c2)CCOCC1. The first kappa shape index (κ1) is 17.8. The molecule has 7 heteroatoms. The van der Waals surface area contributed by atoms with Gasteiger partial charge in [0.05, 0.1) is 11.6 Å². The topological polar surface area (TPSA) is 58.6 Å². The van der Waals surface area contributed by atoms with Crippen molar-refractivity contribution in [3.63, 3.8) is 0 Å². The number of carbonyl (C=O) groups excluding carboxylic acids is 2. The molecule has 3 rings (SSSR count). The van der Waals surface area contributed by atoms with E-state index in [2.05, 4.69) is 33.4 Å². The molecule has 1 aromatic rings. The van der Waals surface area contributed by atoms with E-state index in [9.17, 15) is 9.59 Å². The number of thioether (sulfide) groups is 1. The van der Waals surface area contributed by atoms with E-state index in [1.54, 1.807) is 16.7 Å². The molecule has 130 valence electrons. The van der Waals surface area contributed by atoms with Gasteiger partial charge in [-0.2, -0.15) is 0 Å². The van der Waals surface area contributed by atoms with E-state index < -0.39 is 0 Å². The van der Waals surface area contributed by atoms with Crippen LogP contribution in [0, 0.1) is 0 Å². The highest BCUT2D eigenvalue weighted by Crippen LogP contribution is 2.35. The van der Waals surface area contributed by atoms with E-state index in [4.69, 9.17) is 4.74 Å². The number of carbonyl (C=O) groups is 2. The monoisotopic (exact) mass is 412 g/mol. The summed E-state index contributed by atoms with van der Waals surface area (Å²) in [5.74, 6) is 1.04. The Morgan fingerprint density at radius 2 is 2.17 bits per heavy atom. The lowest BCUT2D eigenvalue weighted by Gasteiger charge is -2.38. The van der Waals surface area contributed by atoms with Gasteiger partial charge in [-0.15, -0.1) is 11.8 Å². The maximum atomic E-state index is 12.3. The molecule has 0 unspecified atom stereocenters. The second-order valence-corrected chi connectivity index (χ2v) is 8.12. The van der Waals surface area contributed by atoms with Crippen LogP contribution in [0.1, 0.15) is 18.4 Å². The zero-order valence-electron chi connectivity index (χ0n) is 13.4. The normalized spacial score (nSPS) is 20.2. The molecule has 0 aliphatic carbocycles. The van der Waals surface area contributed by atoms with Crippen molar-refractivity contribution in [2.45, 2.75) is 18.3 Å². The average molecular weight is 413 g/mol. The van der Waals surface area contributed by atoms with Gasteiger partial charge in [-0.3, -0.25) is 9.59 Å². The van der Waals surface area contributed by atoms with E-state index in [0.717, 1.165) is 17.3 Å². The second-order valence-electron chi connectivity index (χ2n) is 6.25. The van der Waals surface area contributed by atoms with Gasteiger partial charge < -0.3 is 15.0 Å². The molecule has 2 fully saturated rings. The number of nitrogens with one attached hydrogen (secondary N) is 1. The van der Waals surface area contributed by atoms with Crippen LogP contribution in [0.4, 0.5) is 0 Å². The van der Waals surface area contributed by atoms with Crippen molar-refractivity contribution in [3.05, 3.63) is 34.3 Å². The Labute approximate surface area is 154 Å². The first-order valence-corrected chi connectivity index (χ1v) is 10.00. The Bertz CT molecular complexity index is 620. The number of nitrogens with zero attached hydrogens (tertiary/aromatic N) is 1. The number of halogens is 1. The van der Waals surface area contributed by atoms with Crippen molar-refractivity contribution in [2.75, 3.05) is 37.9 Å². The third-order valence-electron chi connectivity index (χ3n) is 4.67. The number of ether oxygens (including phenoxy) is 1. The average Bonchev–Trinajstić information content (AvgIpc) is 2.99. The smallest absolute Gasteiger partial charge is 0.239 e. The van der Waals surface area contributed by atoms with Crippen LogP contribution in [0.2, 0.25) is 0 Å². The summed E-state index contributed by atoms with van der Waals surface area (Å²) >= 11 is 5.08. The maximum Gasteiger partial charge on any atom is 0.239 e. The summed E-state index contributed by atoms with van der Waals surface area (Å²) in [6.45, 7) is 2.12. The molecular weight excluding hydrogens is 392 g/mol. The lowest BCUT2D eigenvalue weighted by molar-refractivity contribution is -0.132. The molecule has 1 N–H and O–H groups in total. The zero-order chi connectivity index (χ0) is 17.0. The largest absolute Gasteiger partial charge is 0.381 e. The highest BCUT2D eigenvalue weighted by molar-refractivity contribution is 9.10. The minimum absolute atomic E-state index is 0.0444. The number of hydrogen-bond acceptors (Lipinski definition) is 4. The Morgan fingerprint density at radius 1 is 1.38 bits per heavy atom. The van der Waals surface area contributed by atoms with E-state index in [1.807, 2.05) is 12.1 Å². The lowest BCUT2D eigenvalue weighted by Crippen LogP contribution is -2.47. The molecule has 2 saturated heterocycles. The number of rotatable bonds is 5. The standard InChI is InChI=1S/C17H21BrN2O3S/c18-14-3-1-2-13(8-14)17(4-6-23-7-5-17)11-19-15(21)9-20-12-24-10-16(20)22/h1-3,8H,4-7,9-12H2,(H,19,21). The van der Waals surface area contributed by atoms with E-state index in [-0.39, 0.29) is 23.8 Å². The third-order valence-corrected chi connectivity index (χ3v) is 6.11. The molecule has 1 aromatic carbocycles. The third kappa shape index (κ3) is 4.13. The van der Waals surface area contributed by atoms with Gasteiger partial charge in [0.2, 0.25) is 11.8 Å². The highest BCUT2D eigenvalue weighted by Gasteiger charge is 2.35. The van der Waals surface area contributed by atoms with Crippen LogP contribution in [0.3, 0.4) is 0 Å². The molecule has 0 saturated carbocycles. The van der Waals surface area contributed by atoms with Gasteiger partial charge in [-0.1, -0.05) is 28.1 Å². The summed E-state index contributed by atoms with van der Waals surface area (Å²) in [5.41, 5.74) is 1.11. The minimum atomic E-state index is -0.110. The molecule has 0 atom stereocenters. The maximum absolute atomic E-state index is 12.3. The van der Waals surface area contributed by atoms with Crippen LogP contribution in [0.25, 0.3) is 0 Å². The van der Waals surface area contributed by atoms with E-state index >= 15 is 0 Å². The molecule has 0 radical (unpaired) electrons. The molecule has 0 spiro atoms. The minimum Gasteiger partial charge on any atom is -0.381 e. The molecule has 0 aromatic heterocycles. The second kappa shape index (κ2) is 7.89. The van der Waals surface area contributed by atoms with Crippen molar-refractivity contribution in [3.8, 4) is 0 Å². The van der Waals surface area contributed by atoms with Crippen LogP contribution in [-0.4, -0.2) is 54.6 Å². The summed E-state index contributed by atoms with van der Waals surface area (Å²) < 4.78 is 6.56. The van der Waals surface area contributed by atoms with Crippen molar-refractivity contribution in [1.29, 1.82) is 0 Å². The Hall–Kier alpha value is -1.05. The van der Waals surface area contributed by atoms with Gasteiger partial charge in [0.15, 0.2) is 0 Å². The number of hydrogen-bond donors (Lipinski definition) is 1. The van der Waals surface area contributed by atoms with Crippen molar-refractivity contribution in [1.82, 2.24) is 10.2 Å². The lowest BCUT2D eigenvalue weighted by atomic mass is 9.74. The number of amides is 2. The molecule has 24 heavy (non-hydrogen) atoms. The molecule has 2 heterocycles. The fourth-order valence-corrected chi connectivity index (χ4v) is 4.49. The summed E-state index contributed by atoms with van der Waals surface area (Å²) in [4.78, 5) is 25.5. The van der Waals surface area contributed by atoms with Crippen molar-refractivity contribution < 1.29 is 14.3 Å². The van der Waals surface area contributed by atoms with Gasteiger partial charge in [-0.05, 0) is 30.5 Å². The van der Waals surface area contributed by atoms with Crippen LogP contribution < -0.4 is 5.32 Å².